The van der Waals surface area contributed by atoms with E-state index in [1.165, 1.54) is 24.8 Å². The van der Waals surface area contributed by atoms with Crippen molar-refractivity contribution >= 4 is 50.4 Å². The predicted molar refractivity (Wildman–Crippen MR) is 154 cm³/mol. The number of likely N-dealkylation sites (tertiary alicyclic amines) is 1. The lowest BCUT2D eigenvalue weighted by atomic mass is 10.0. The third-order valence-electron chi connectivity index (χ3n) is 6.46. The number of benzene rings is 2. The summed E-state index contributed by atoms with van der Waals surface area (Å²) in [5.74, 6) is 0.680. The number of aromatic nitrogens is 2. The topological polar surface area (TPSA) is 79.4 Å². The molecule has 1 unspecified atom stereocenters. The zero-order valence-electron chi connectivity index (χ0n) is 21.0. The van der Waals surface area contributed by atoms with Crippen molar-refractivity contribution in [3.8, 4) is 5.75 Å². The maximum absolute atomic E-state index is 10.7. The van der Waals surface area contributed by atoms with Gasteiger partial charge in [-0.25, -0.2) is 4.98 Å². The number of anilines is 2. The third kappa shape index (κ3) is 6.69. The molecular weight excluding hydrogens is 518 g/mol. The molecule has 0 radical (unpaired) electrons. The maximum atomic E-state index is 10.7. The summed E-state index contributed by atoms with van der Waals surface area (Å²) in [5.41, 5.74) is 3.76. The second-order valence-corrected chi connectivity index (χ2v) is 10.6. The number of hydrogen-bond donors (Lipinski definition) is 2. The number of carbonyl (C=O) groups is 1. The van der Waals surface area contributed by atoms with Gasteiger partial charge in [-0.2, -0.15) is 0 Å². The number of pyridine rings is 1. The van der Waals surface area contributed by atoms with Crippen molar-refractivity contribution < 1.29 is 9.53 Å². The summed E-state index contributed by atoms with van der Waals surface area (Å²) in [7, 11) is 0. The molecule has 3 heterocycles. The lowest BCUT2D eigenvalue weighted by Gasteiger charge is -2.33. The summed E-state index contributed by atoms with van der Waals surface area (Å²) in [5, 5.41) is 7.51. The molecule has 1 atom stereocenters. The average Bonchev–Trinajstić information content (AvgIpc) is 3.35. The normalized spacial score (nSPS) is 15.0. The van der Waals surface area contributed by atoms with E-state index in [4.69, 9.17) is 21.3 Å². The Bertz CT molecular complexity index is 1390. The zero-order chi connectivity index (χ0) is 26.2. The highest BCUT2D eigenvalue weighted by molar-refractivity contribution is 7.22. The van der Waals surface area contributed by atoms with E-state index in [-0.39, 0.29) is 6.04 Å². The molecule has 0 saturated carbocycles. The smallest absolute Gasteiger partial charge is 0.207 e. The van der Waals surface area contributed by atoms with Crippen molar-refractivity contribution in [1.82, 2.24) is 20.2 Å². The molecule has 4 aromatic rings. The molecule has 0 aliphatic carbocycles. The Labute approximate surface area is 231 Å². The van der Waals surface area contributed by atoms with Crippen LogP contribution in [0.2, 0.25) is 5.02 Å². The van der Waals surface area contributed by atoms with Gasteiger partial charge in [0.25, 0.3) is 0 Å². The number of carbonyl (C=O) groups excluding carboxylic acids is 1. The standard InChI is InChI=1S/C29H30ClN5O2S/c30-22-10-12-27(37-19-23-7-2-3-14-32-23)25(18-22)34-29-33-24-11-9-21(17-28(24)38-29)26(8-6-13-31-20-36)35-15-4-1-5-16-35/h2-3,6-12,14,17-18,20,26H,1,4-5,13,15-16,19H2,(H,31,36)(H,33,34)/b8-6+. The Morgan fingerprint density at radius 3 is 2.82 bits per heavy atom. The van der Waals surface area contributed by atoms with Crippen molar-refractivity contribution in [3.05, 3.63) is 89.2 Å². The summed E-state index contributed by atoms with van der Waals surface area (Å²) < 4.78 is 7.15. The third-order valence-corrected chi connectivity index (χ3v) is 7.63. The second-order valence-electron chi connectivity index (χ2n) is 9.12. The summed E-state index contributed by atoms with van der Waals surface area (Å²) >= 11 is 7.91. The Morgan fingerprint density at radius 2 is 2.00 bits per heavy atom. The van der Waals surface area contributed by atoms with Crippen LogP contribution in [-0.2, 0) is 11.4 Å². The highest BCUT2D eigenvalue weighted by Crippen LogP contribution is 2.36. The second kappa shape index (κ2) is 12.9. The van der Waals surface area contributed by atoms with Crippen molar-refractivity contribution in [2.45, 2.75) is 31.9 Å². The molecule has 0 bridgehead atoms. The van der Waals surface area contributed by atoms with Crippen molar-refractivity contribution in [1.29, 1.82) is 0 Å². The van der Waals surface area contributed by atoms with E-state index in [1.54, 1.807) is 17.5 Å². The lowest BCUT2D eigenvalue weighted by molar-refractivity contribution is -0.109. The van der Waals surface area contributed by atoms with E-state index in [0.29, 0.717) is 23.9 Å². The van der Waals surface area contributed by atoms with Crippen LogP contribution in [0.1, 0.15) is 36.6 Å². The Morgan fingerprint density at radius 1 is 1.11 bits per heavy atom. The van der Waals surface area contributed by atoms with E-state index in [0.717, 1.165) is 46.2 Å². The maximum Gasteiger partial charge on any atom is 0.207 e. The SMILES string of the molecule is O=CNC/C=C/C(c1ccc2nc(Nc3cc(Cl)ccc3OCc3ccccn3)sc2c1)N1CCCCC1. The van der Waals surface area contributed by atoms with Gasteiger partial charge >= 0.3 is 0 Å². The van der Waals surface area contributed by atoms with Gasteiger partial charge in [-0.1, -0.05) is 53.6 Å². The van der Waals surface area contributed by atoms with Gasteiger partial charge in [0, 0.05) is 17.8 Å². The van der Waals surface area contributed by atoms with E-state index in [2.05, 4.69) is 44.8 Å². The van der Waals surface area contributed by atoms with Crippen LogP contribution in [0.15, 0.2) is 72.9 Å². The van der Waals surface area contributed by atoms with E-state index in [9.17, 15) is 4.79 Å². The van der Waals surface area contributed by atoms with Crippen molar-refractivity contribution in [3.63, 3.8) is 0 Å². The number of fused-ring (bicyclic) bond motifs is 1. The summed E-state index contributed by atoms with van der Waals surface area (Å²) in [6, 6.07) is 17.9. The minimum Gasteiger partial charge on any atom is -0.485 e. The van der Waals surface area contributed by atoms with Crippen LogP contribution in [0.5, 0.6) is 5.75 Å². The van der Waals surface area contributed by atoms with Gasteiger partial charge < -0.3 is 15.4 Å². The first-order valence-electron chi connectivity index (χ1n) is 12.8. The number of thiazole rings is 1. The molecule has 1 aliphatic rings. The van der Waals surface area contributed by atoms with Gasteiger partial charge in [-0.3, -0.25) is 14.7 Å². The molecule has 2 N–H and O–H groups in total. The van der Waals surface area contributed by atoms with E-state index >= 15 is 0 Å². The average molecular weight is 548 g/mol. The number of hydrogen-bond acceptors (Lipinski definition) is 7. The van der Waals surface area contributed by atoms with Gasteiger partial charge in [-0.15, -0.1) is 0 Å². The first-order valence-corrected chi connectivity index (χ1v) is 14.0. The summed E-state index contributed by atoms with van der Waals surface area (Å²) in [4.78, 5) is 22.3. The monoisotopic (exact) mass is 547 g/mol. The number of nitrogens with one attached hydrogen (secondary N) is 2. The molecule has 1 saturated heterocycles. The molecule has 2 aromatic carbocycles. The fourth-order valence-corrected chi connectivity index (χ4v) is 5.71. The fourth-order valence-electron chi connectivity index (χ4n) is 4.61. The van der Waals surface area contributed by atoms with E-state index < -0.39 is 0 Å². The van der Waals surface area contributed by atoms with Crippen LogP contribution in [0.25, 0.3) is 10.2 Å². The van der Waals surface area contributed by atoms with Gasteiger partial charge in [-0.05, 0) is 74.0 Å². The van der Waals surface area contributed by atoms with Gasteiger partial charge in [0.2, 0.25) is 6.41 Å². The number of halogens is 1. The first kappa shape index (κ1) is 26.2. The van der Waals surface area contributed by atoms with Crippen molar-refractivity contribution in [2.24, 2.45) is 0 Å². The zero-order valence-corrected chi connectivity index (χ0v) is 22.5. The largest absolute Gasteiger partial charge is 0.485 e. The molecule has 38 heavy (non-hydrogen) atoms. The highest BCUT2D eigenvalue weighted by atomic mass is 35.5. The number of nitrogens with zero attached hydrogens (tertiary/aromatic N) is 3. The molecule has 2 aromatic heterocycles. The number of ether oxygens (including phenoxy) is 1. The number of amides is 1. The van der Waals surface area contributed by atoms with Gasteiger partial charge in [0.1, 0.15) is 12.4 Å². The van der Waals surface area contributed by atoms with Crippen LogP contribution >= 0.6 is 22.9 Å². The van der Waals surface area contributed by atoms with Crippen LogP contribution in [0.4, 0.5) is 10.8 Å². The number of piperidine rings is 1. The Kier molecular flexibility index (Phi) is 8.86. The molecule has 0 spiro atoms. The van der Waals surface area contributed by atoms with Gasteiger partial charge in [0.05, 0.1) is 27.6 Å². The molecule has 1 fully saturated rings. The Balaban J connectivity index is 1.37. The van der Waals surface area contributed by atoms with Crippen molar-refractivity contribution in [2.75, 3.05) is 25.0 Å². The minimum absolute atomic E-state index is 0.159. The summed E-state index contributed by atoms with van der Waals surface area (Å²) in [6.07, 6.45) is 10.4. The first-order chi connectivity index (χ1) is 18.7. The molecular formula is C29H30ClN5O2S. The molecule has 9 heteroatoms. The van der Waals surface area contributed by atoms with Gasteiger partial charge in [0.15, 0.2) is 5.13 Å². The molecule has 5 rings (SSSR count). The molecule has 196 valence electrons. The van der Waals surface area contributed by atoms with Crippen LogP contribution in [0, 0.1) is 0 Å². The van der Waals surface area contributed by atoms with E-state index in [1.807, 2.05) is 42.5 Å². The quantitative estimate of drug-likeness (QED) is 0.127. The predicted octanol–water partition coefficient (Wildman–Crippen LogP) is 6.50. The molecule has 1 amide bonds. The molecule has 1 aliphatic heterocycles. The minimum atomic E-state index is 0.159. The van der Waals surface area contributed by atoms with Crippen LogP contribution < -0.4 is 15.4 Å². The van der Waals surface area contributed by atoms with Crippen LogP contribution in [-0.4, -0.2) is 40.9 Å². The fraction of sp³-hybridized carbons (Fsp3) is 0.276. The van der Waals surface area contributed by atoms with Crippen LogP contribution in [0.3, 0.4) is 0 Å². The highest BCUT2D eigenvalue weighted by Gasteiger charge is 2.21. The molecule has 7 nitrogen and oxygen atoms in total. The number of rotatable bonds is 11. The Hall–Kier alpha value is -3.46. The lowest BCUT2D eigenvalue weighted by Crippen LogP contribution is -2.33. The summed E-state index contributed by atoms with van der Waals surface area (Å²) in [6.45, 7) is 3.02.